The van der Waals surface area contributed by atoms with Crippen molar-refractivity contribution in [2.24, 2.45) is 11.3 Å². The molecule has 3 aromatic rings. The van der Waals surface area contributed by atoms with Crippen LogP contribution in [0.2, 0.25) is 0 Å². The smallest absolute Gasteiger partial charge is 0.394 e. The maximum Gasteiger partial charge on any atom is 0.394 e. The Morgan fingerprint density at radius 2 is 1.77 bits per heavy atom. The summed E-state index contributed by atoms with van der Waals surface area (Å²) in [7, 11) is 0.327. The van der Waals surface area contributed by atoms with Gasteiger partial charge in [0.05, 0.1) is 25.9 Å². The SMILES string of the molecule is CC[C@]1(O)C[C@H]2CN(CCc3c([nH]c4ccccc34)[C@@](C(=O)OC)(c3cc4c(cc3OC)N(C)[C@H]3[C@@](O)(C(=O)NCCSC)[C@H](O)[C@]5(CC)C=CCN6CC[C@]43[C@@H]65)C2)C1.O=S(=O)(O)O. The normalized spacial score (nSPS) is 35.1. The maximum atomic E-state index is 15.3. The van der Waals surface area contributed by atoms with E-state index >= 15 is 4.79 Å². The molecule has 350 valence electrons. The van der Waals surface area contributed by atoms with Gasteiger partial charge in [0.2, 0.25) is 0 Å². The Kier molecular flexibility index (Phi) is 12.3. The summed E-state index contributed by atoms with van der Waals surface area (Å²) in [6, 6.07) is 11.2. The van der Waals surface area contributed by atoms with Crippen molar-refractivity contribution < 1.29 is 51.9 Å². The van der Waals surface area contributed by atoms with Gasteiger partial charge in [-0.3, -0.25) is 28.5 Å². The van der Waals surface area contributed by atoms with E-state index in [-0.39, 0.29) is 12.0 Å². The second-order valence-corrected chi connectivity index (χ2v) is 20.7. The molecule has 3 fully saturated rings. The lowest BCUT2D eigenvalue weighted by Crippen LogP contribution is -2.81. The molecule has 6 heterocycles. The summed E-state index contributed by atoms with van der Waals surface area (Å²) < 4.78 is 43.9. The number of hydrogen-bond donors (Lipinski definition) is 7. The van der Waals surface area contributed by atoms with Crippen LogP contribution in [0.15, 0.2) is 48.6 Å². The van der Waals surface area contributed by atoms with Gasteiger partial charge in [-0.05, 0) is 80.5 Å². The second-order valence-electron chi connectivity index (χ2n) is 18.8. The number of benzene rings is 2. The van der Waals surface area contributed by atoms with Crippen molar-refractivity contribution in [3.8, 4) is 5.75 Å². The number of aliphatic hydroxyl groups is 3. The number of aromatic amines is 1. The van der Waals surface area contributed by atoms with Crippen LogP contribution in [0.5, 0.6) is 5.75 Å². The Bertz CT molecular complexity index is 2440. The topological polar surface area (TPSA) is 225 Å². The second kappa shape index (κ2) is 16.9. The molecule has 6 aliphatic rings. The van der Waals surface area contributed by atoms with Crippen LogP contribution in [0.4, 0.5) is 5.69 Å². The number of H-pyrrole nitrogens is 1. The van der Waals surface area contributed by atoms with Gasteiger partial charge in [-0.2, -0.15) is 20.2 Å². The average Bonchev–Trinajstić information content (AvgIpc) is 3.93. The Morgan fingerprint density at radius 3 is 2.44 bits per heavy atom. The standard InChI is InChI=1S/C46H61N5O7S.H2O4S/c1-7-42(55)24-28-25-45(41(54)58-5,36-30(14-19-50(26-28)27-42)29-12-9-10-13-33(29)48-36)32-22-31-34(23-35(32)57-4)49(3)38-44(31)16-20-51-18-11-15-43(8-2,37(44)51)39(52)46(38,56)40(53)47-17-21-59-6;1-5(2,3)4/h9-13,15,22-23,28,37-39,48,52,55-56H,7-8,14,16-21,24-27H2,1-6H3,(H,47,53);(H2,1,2,3,4)/t28-,37+,38-,39-,42+,43-,44-,45+,46+;/m1./s1. The number of esters is 1. The molecule has 7 N–H and O–H groups in total. The predicted molar refractivity (Wildman–Crippen MR) is 244 cm³/mol. The number of anilines is 1. The molecule has 1 saturated carbocycles. The van der Waals surface area contributed by atoms with E-state index in [1.807, 2.05) is 50.2 Å². The summed E-state index contributed by atoms with van der Waals surface area (Å²) in [6.45, 7) is 7.86. The summed E-state index contributed by atoms with van der Waals surface area (Å²) in [6.07, 6.45) is 8.02. The molecule has 1 unspecified atom stereocenters. The summed E-state index contributed by atoms with van der Waals surface area (Å²) in [5.74, 6) is 0.0960. The highest BCUT2D eigenvalue weighted by molar-refractivity contribution is 7.98. The molecule has 1 aliphatic carbocycles. The van der Waals surface area contributed by atoms with Crippen molar-refractivity contribution in [1.82, 2.24) is 20.1 Å². The molecule has 16 nitrogen and oxygen atoms in total. The van der Waals surface area contributed by atoms with E-state index in [1.54, 1.807) is 18.9 Å². The van der Waals surface area contributed by atoms with Crippen LogP contribution in [-0.2, 0) is 42.0 Å². The van der Waals surface area contributed by atoms with E-state index in [0.29, 0.717) is 81.8 Å². The highest BCUT2D eigenvalue weighted by atomic mass is 32.3. The van der Waals surface area contributed by atoms with Crippen LogP contribution in [0.1, 0.15) is 68.3 Å². The van der Waals surface area contributed by atoms with Gasteiger partial charge in [-0.15, -0.1) is 0 Å². The summed E-state index contributed by atoms with van der Waals surface area (Å²) in [5, 5.41) is 42.0. The van der Waals surface area contributed by atoms with Crippen molar-refractivity contribution in [3.63, 3.8) is 0 Å². The van der Waals surface area contributed by atoms with Gasteiger partial charge in [0.1, 0.15) is 17.3 Å². The number of piperidine rings is 1. The first-order chi connectivity index (χ1) is 30.3. The summed E-state index contributed by atoms with van der Waals surface area (Å²) in [5.41, 5.74) is -1.13. The fourth-order valence-corrected chi connectivity index (χ4v) is 13.7. The number of rotatable bonds is 9. The van der Waals surface area contributed by atoms with Crippen LogP contribution < -0.4 is 15.0 Å². The molecule has 10 atom stereocenters. The number of aliphatic hydroxyl groups excluding tert-OH is 1. The Hall–Kier alpha value is -3.72. The lowest BCUT2D eigenvalue weighted by atomic mass is 9.47. The lowest BCUT2D eigenvalue weighted by Gasteiger charge is -2.63. The molecular weight excluding hydrogens is 863 g/mol. The Balaban J connectivity index is 0.00000106. The molecule has 2 saturated heterocycles. The minimum atomic E-state index is -4.67. The molecule has 64 heavy (non-hydrogen) atoms. The minimum Gasteiger partial charge on any atom is -0.496 e. The molecule has 9 rings (SSSR count). The molecular formula is C46H63N5O11S2. The molecule has 1 aromatic heterocycles. The first-order valence-corrected chi connectivity index (χ1v) is 25.0. The van der Waals surface area contributed by atoms with Crippen LogP contribution in [-0.4, -0.2) is 161 Å². The van der Waals surface area contributed by atoms with E-state index in [1.165, 1.54) is 7.11 Å². The summed E-state index contributed by atoms with van der Waals surface area (Å²) >= 11 is 1.60. The first kappa shape index (κ1) is 46.8. The van der Waals surface area contributed by atoms with Gasteiger partial charge in [-0.25, -0.2) is 0 Å². The third-order valence-electron chi connectivity index (χ3n) is 15.8. The third-order valence-corrected chi connectivity index (χ3v) is 16.4. The molecule has 18 heteroatoms. The zero-order chi connectivity index (χ0) is 46.2. The quantitative estimate of drug-likeness (QED) is 0.0709. The number of nitrogens with zero attached hydrogens (tertiary/aromatic N) is 3. The zero-order valence-electron chi connectivity index (χ0n) is 37.5. The van der Waals surface area contributed by atoms with E-state index < -0.39 is 61.9 Å². The van der Waals surface area contributed by atoms with Crippen LogP contribution in [0.25, 0.3) is 10.9 Å². The first-order valence-electron chi connectivity index (χ1n) is 22.2. The van der Waals surface area contributed by atoms with E-state index in [0.717, 1.165) is 46.5 Å². The molecule has 5 aliphatic heterocycles. The highest BCUT2D eigenvalue weighted by Gasteiger charge is 2.78. The van der Waals surface area contributed by atoms with E-state index in [4.69, 9.17) is 27.0 Å². The fourth-order valence-electron chi connectivity index (χ4n) is 13.4. The number of nitrogens with one attached hydrogen (secondary N) is 2. The number of ether oxygens (including phenoxy) is 2. The minimum absolute atomic E-state index is 0.0743. The number of thioether (sulfide) groups is 1. The number of aromatic nitrogens is 1. The van der Waals surface area contributed by atoms with Crippen LogP contribution in [0, 0.1) is 11.3 Å². The number of fused-ring (bicyclic) bond motifs is 6. The van der Waals surface area contributed by atoms with Gasteiger partial charge >= 0.3 is 16.4 Å². The van der Waals surface area contributed by atoms with Crippen LogP contribution >= 0.6 is 11.8 Å². The van der Waals surface area contributed by atoms with Crippen molar-refractivity contribution in [2.75, 3.05) is 77.4 Å². The van der Waals surface area contributed by atoms with Gasteiger partial charge in [0.25, 0.3) is 5.91 Å². The number of methoxy groups -OCH3 is 2. The molecule has 1 amide bonds. The Morgan fingerprint density at radius 1 is 1.03 bits per heavy atom. The van der Waals surface area contributed by atoms with E-state index in [9.17, 15) is 20.1 Å². The maximum absolute atomic E-state index is 15.3. The van der Waals surface area contributed by atoms with Crippen LogP contribution in [0.3, 0.4) is 0 Å². The number of carbonyl (C=O) groups excluding carboxylic acids is 2. The molecule has 2 bridgehead atoms. The highest BCUT2D eigenvalue weighted by Crippen LogP contribution is 2.67. The largest absolute Gasteiger partial charge is 0.496 e. The average molecular weight is 926 g/mol. The van der Waals surface area contributed by atoms with E-state index in [2.05, 4.69) is 50.5 Å². The van der Waals surface area contributed by atoms with Gasteiger partial charge in [-0.1, -0.05) is 44.2 Å². The number of hydrogen-bond acceptors (Lipinski definition) is 13. The molecule has 1 spiro atoms. The third kappa shape index (κ3) is 7.00. The lowest BCUT2D eigenvalue weighted by molar-refractivity contribution is -0.203. The number of likely N-dealkylation sites (N-methyl/N-ethyl adjacent to an activating group) is 1. The van der Waals surface area contributed by atoms with Crippen molar-refractivity contribution >= 4 is 50.6 Å². The van der Waals surface area contributed by atoms with Crippen molar-refractivity contribution in [2.45, 2.75) is 92.6 Å². The zero-order valence-corrected chi connectivity index (χ0v) is 39.1. The monoisotopic (exact) mass is 925 g/mol. The number of carbonyl (C=O) groups is 2. The predicted octanol–water partition coefficient (Wildman–Crippen LogP) is 3.07. The molecule has 2 aromatic carbocycles. The number of para-hydroxylation sites is 1. The fraction of sp³-hybridized carbons (Fsp3) is 0.609. The van der Waals surface area contributed by atoms with Gasteiger partial charge < -0.3 is 40.0 Å². The molecule has 0 radical (unpaired) electrons. The Labute approximate surface area is 379 Å². The summed E-state index contributed by atoms with van der Waals surface area (Å²) in [4.78, 5) is 40.5. The van der Waals surface area contributed by atoms with Crippen molar-refractivity contribution in [3.05, 3.63) is 70.9 Å². The van der Waals surface area contributed by atoms with Gasteiger partial charge in [0.15, 0.2) is 5.60 Å². The number of amides is 1. The van der Waals surface area contributed by atoms with Gasteiger partial charge in [0, 0.05) is 96.3 Å². The van der Waals surface area contributed by atoms with Crippen molar-refractivity contribution in [1.29, 1.82) is 0 Å².